The lowest BCUT2D eigenvalue weighted by molar-refractivity contribution is 0.437. The number of halogens is 3. The van der Waals surface area contributed by atoms with Crippen molar-refractivity contribution >= 4 is 34.2 Å². The van der Waals surface area contributed by atoms with E-state index in [1.54, 1.807) is 12.1 Å². The van der Waals surface area contributed by atoms with E-state index in [2.05, 4.69) is 22.6 Å². The van der Waals surface area contributed by atoms with E-state index in [9.17, 15) is 4.39 Å². The lowest BCUT2D eigenvalue weighted by Crippen LogP contribution is -2.11. The van der Waals surface area contributed by atoms with E-state index in [0.29, 0.717) is 5.02 Å². The fourth-order valence-electron chi connectivity index (χ4n) is 0.832. The van der Waals surface area contributed by atoms with E-state index in [4.69, 9.17) is 17.3 Å². The minimum atomic E-state index is -0.559. The molecular weight excluding hydrogens is 291 g/mol. The zero-order chi connectivity index (χ0) is 9.14. The molecule has 0 unspecified atom stereocenters. The van der Waals surface area contributed by atoms with Crippen LogP contribution < -0.4 is 5.73 Å². The first-order valence-electron chi connectivity index (χ1n) is 3.41. The Balaban J connectivity index is 2.96. The normalized spacial score (nSPS) is 13.0. The fourth-order valence-corrected chi connectivity index (χ4v) is 1.36. The van der Waals surface area contributed by atoms with Crippen LogP contribution in [0.15, 0.2) is 18.2 Å². The molecule has 0 aromatic heterocycles. The van der Waals surface area contributed by atoms with Gasteiger partial charge >= 0.3 is 0 Å². The van der Waals surface area contributed by atoms with Crippen LogP contribution in [0.25, 0.3) is 0 Å². The van der Waals surface area contributed by atoms with Crippen LogP contribution in [0.5, 0.6) is 0 Å². The molecule has 1 rings (SSSR count). The fraction of sp³-hybridized carbons (Fsp3) is 0.250. The summed E-state index contributed by atoms with van der Waals surface area (Å²) in [5.74, 6) is 0. The maximum absolute atomic E-state index is 12.1. The summed E-state index contributed by atoms with van der Waals surface area (Å²) >= 11 is 7.94. The summed E-state index contributed by atoms with van der Waals surface area (Å²) < 4.78 is 13.1. The average molecular weight is 300 g/mol. The van der Waals surface area contributed by atoms with Crippen molar-refractivity contribution in [2.24, 2.45) is 5.73 Å². The van der Waals surface area contributed by atoms with Crippen LogP contribution in [0.3, 0.4) is 0 Å². The van der Waals surface area contributed by atoms with Gasteiger partial charge in [0.15, 0.2) is 0 Å². The molecule has 2 N–H and O–H groups in total. The number of rotatable bonds is 2. The average Bonchev–Trinajstić information content (AvgIpc) is 2.08. The second kappa shape index (κ2) is 4.39. The van der Waals surface area contributed by atoms with Crippen LogP contribution in [-0.2, 0) is 0 Å². The first-order valence-corrected chi connectivity index (χ1v) is 4.87. The molecule has 66 valence electrons. The molecule has 1 nitrogen and oxygen atoms in total. The molecule has 0 amide bonds. The number of hydrogen-bond donors (Lipinski definition) is 1. The Labute approximate surface area is 89.2 Å². The largest absolute Gasteiger partial charge is 0.322 e. The molecule has 0 saturated carbocycles. The quantitative estimate of drug-likeness (QED) is 0.835. The van der Waals surface area contributed by atoms with Crippen molar-refractivity contribution in [1.29, 1.82) is 0 Å². The van der Waals surface area contributed by atoms with Gasteiger partial charge in [0.1, 0.15) is 6.67 Å². The van der Waals surface area contributed by atoms with E-state index in [1.807, 2.05) is 6.07 Å². The van der Waals surface area contributed by atoms with Crippen molar-refractivity contribution in [2.75, 3.05) is 6.67 Å². The van der Waals surface area contributed by atoms with Gasteiger partial charge in [0, 0.05) is 3.57 Å². The van der Waals surface area contributed by atoms with Gasteiger partial charge in [0.25, 0.3) is 0 Å². The molecule has 0 aliphatic carbocycles. The van der Waals surface area contributed by atoms with Gasteiger partial charge in [-0.05, 0) is 40.3 Å². The van der Waals surface area contributed by atoms with Crippen LogP contribution in [-0.4, -0.2) is 6.67 Å². The molecule has 0 radical (unpaired) electrons. The van der Waals surface area contributed by atoms with Crippen molar-refractivity contribution in [3.05, 3.63) is 32.4 Å². The van der Waals surface area contributed by atoms with E-state index in [-0.39, 0.29) is 0 Å². The Morgan fingerprint density at radius 3 is 2.75 bits per heavy atom. The highest BCUT2D eigenvalue weighted by atomic mass is 127. The van der Waals surface area contributed by atoms with Gasteiger partial charge in [0.2, 0.25) is 0 Å². The van der Waals surface area contributed by atoms with Crippen molar-refractivity contribution in [3.8, 4) is 0 Å². The van der Waals surface area contributed by atoms with Gasteiger partial charge in [-0.3, -0.25) is 0 Å². The highest BCUT2D eigenvalue weighted by Gasteiger charge is 2.06. The monoisotopic (exact) mass is 299 g/mol. The molecule has 0 aliphatic rings. The lowest BCUT2D eigenvalue weighted by Gasteiger charge is -2.07. The zero-order valence-corrected chi connectivity index (χ0v) is 9.14. The molecule has 0 aliphatic heterocycles. The Hall–Kier alpha value is 0.130. The second-order valence-electron chi connectivity index (χ2n) is 2.43. The summed E-state index contributed by atoms with van der Waals surface area (Å²) in [5, 5.41) is 0.622. The summed E-state index contributed by atoms with van der Waals surface area (Å²) in [4.78, 5) is 0. The summed E-state index contributed by atoms with van der Waals surface area (Å²) in [6.45, 7) is -0.559. The van der Waals surface area contributed by atoms with Gasteiger partial charge in [-0.15, -0.1) is 0 Å². The predicted octanol–water partition coefficient (Wildman–Crippen LogP) is 2.91. The maximum atomic E-state index is 12.1. The molecular formula is C8H8ClFIN. The van der Waals surface area contributed by atoms with Crippen LogP contribution in [0.1, 0.15) is 11.6 Å². The number of benzene rings is 1. The van der Waals surface area contributed by atoms with Crippen LogP contribution >= 0.6 is 34.2 Å². The van der Waals surface area contributed by atoms with E-state index < -0.39 is 12.7 Å². The SMILES string of the molecule is N[C@H](CF)c1ccc(I)c(Cl)c1. The molecule has 0 bridgehead atoms. The Morgan fingerprint density at radius 2 is 2.25 bits per heavy atom. The van der Waals surface area contributed by atoms with Crippen LogP contribution in [0, 0.1) is 3.57 Å². The van der Waals surface area contributed by atoms with Crippen LogP contribution in [0.2, 0.25) is 5.02 Å². The first kappa shape index (κ1) is 10.2. The maximum Gasteiger partial charge on any atom is 0.109 e. The van der Waals surface area contributed by atoms with E-state index in [0.717, 1.165) is 9.13 Å². The molecule has 0 saturated heterocycles. The zero-order valence-electron chi connectivity index (χ0n) is 6.23. The molecule has 1 atom stereocenters. The van der Waals surface area contributed by atoms with Crippen molar-refractivity contribution in [1.82, 2.24) is 0 Å². The molecule has 12 heavy (non-hydrogen) atoms. The molecule has 1 aromatic carbocycles. The highest BCUT2D eigenvalue weighted by Crippen LogP contribution is 2.22. The summed E-state index contributed by atoms with van der Waals surface area (Å²) in [5.41, 5.74) is 6.22. The summed E-state index contributed by atoms with van der Waals surface area (Å²) in [6.07, 6.45) is 0. The van der Waals surface area contributed by atoms with Crippen LogP contribution in [0.4, 0.5) is 4.39 Å². The molecule has 0 spiro atoms. The second-order valence-corrected chi connectivity index (χ2v) is 4.00. The molecule has 1 aromatic rings. The molecule has 4 heteroatoms. The predicted molar refractivity (Wildman–Crippen MR) is 57.1 cm³/mol. The molecule has 0 fully saturated rings. The van der Waals surface area contributed by atoms with E-state index >= 15 is 0 Å². The molecule has 0 heterocycles. The van der Waals surface area contributed by atoms with Crippen molar-refractivity contribution in [2.45, 2.75) is 6.04 Å². The van der Waals surface area contributed by atoms with Gasteiger partial charge < -0.3 is 5.73 Å². The van der Waals surface area contributed by atoms with Gasteiger partial charge in [-0.2, -0.15) is 0 Å². The number of alkyl halides is 1. The van der Waals surface area contributed by atoms with E-state index in [1.165, 1.54) is 0 Å². The lowest BCUT2D eigenvalue weighted by atomic mass is 10.1. The third-order valence-electron chi connectivity index (χ3n) is 1.54. The highest BCUT2D eigenvalue weighted by molar-refractivity contribution is 14.1. The summed E-state index contributed by atoms with van der Waals surface area (Å²) in [7, 11) is 0. The van der Waals surface area contributed by atoms with Crippen molar-refractivity contribution < 1.29 is 4.39 Å². The number of nitrogens with two attached hydrogens (primary N) is 1. The Kier molecular flexibility index (Phi) is 3.74. The van der Waals surface area contributed by atoms with Crippen molar-refractivity contribution in [3.63, 3.8) is 0 Å². The smallest absolute Gasteiger partial charge is 0.109 e. The Bertz CT molecular complexity index is 280. The minimum Gasteiger partial charge on any atom is -0.322 e. The minimum absolute atomic E-state index is 0.556. The third-order valence-corrected chi connectivity index (χ3v) is 3.11. The first-order chi connectivity index (χ1) is 5.65. The summed E-state index contributed by atoms with van der Waals surface area (Å²) in [6, 6.07) is 4.76. The Morgan fingerprint density at radius 1 is 1.58 bits per heavy atom. The number of hydrogen-bond acceptors (Lipinski definition) is 1. The van der Waals surface area contributed by atoms with Gasteiger partial charge in [-0.25, -0.2) is 4.39 Å². The standard InChI is InChI=1S/C8H8ClFIN/c9-6-3-5(8(12)4-10)1-2-7(6)11/h1-3,8H,4,12H2/t8-/m1/s1. The third kappa shape index (κ3) is 2.31. The topological polar surface area (TPSA) is 26.0 Å². The van der Waals surface area contributed by atoms with Gasteiger partial charge in [0.05, 0.1) is 11.1 Å². The van der Waals surface area contributed by atoms with Gasteiger partial charge in [-0.1, -0.05) is 17.7 Å².